The van der Waals surface area contributed by atoms with Crippen molar-refractivity contribution >= 4 is 11.9 Å². The van der Waals surface area contributed by atoms with E-state index in [-0.39, 0.29) is 43.3 Å². The lowest BCUT2D eigenvalue weighted by Gasteiger charge is -2.38. The maximum Gasteiger partial charge on any atom is 0.337 e. The van der Waals surface area contributed by atoms with Crippen LogP contribution < -0.4 is 0 Å². The van der Waals surface area contributed by atoms with Crippen molar-refractivity contribution in [2.45, 2.75) is 31.8 Å². The molecular formula is C27H41NO10. The number of aliphatic hydroxyl groups excluding tert-OH is 1. The topological polar surface area (TPSA) is 122 Å². The number of rotatable bonds is 17. The third kappa shape index (κ3) is 9.33. The van der Waals surface area contributed by atoms with Crippen molar-refractivity contribution in [3.05, 3.63) is 47.2 Å². The van der Waals surface area contributed by atoms with Crippen LogP contribution in [0.15, 0.2) is 36.1 Å². The number of hydrogen-bond acceptors (Lipinski definition) is 10. The molecule has 0 aliphatic carbocycles. The molecule has 3 atom stereocenters. The second-order valence-electron chi connectivity index (χ2n) is 8.60. The minimum atomic E-state index is -0.697. The second-order valence-corrected chi connectivity index (χ2v) is 8.60. The highest BCUT2D eigenvalue weighted by atomic mass is 16.7. The standard InChI is InChI=1S/C27H41NO10/c1-6-37-27-21(11-13-35-15-16-36-14-12-29)22(19-7-9-20(10-8-19)26(31)34-5)17-23(38-27)25(30)28(2)18-24(32-3)33-4/h7-10,17,21-22,24,27,29H,6,11-16,18H2,1-5H3/t21-,22-,27-/m0/s1. The Labute approximate surface area is 224 Å². The highest BCUT2D eigenvalue weighted by Gasteiger charge is 2.39. The van der Waals surface area contributed by atoms with Crippen LogP contribution in [0.3, 0.4) is 0 Å². The quantitative estimate of drug-likeness (QED) is 0.179. The van der Waals surface area contributed by atoms with Gasteiger partial charge in [0.05, 0.1) is 45.6 Å². The van der Waals surface area contributed by atoms with Gasteiger partial charge in [0.15, 0.2) is 12.0 Å². The number of nitrogens with zero attached hydrogens (tertiary/aromatic N) is 1. The number of methoxy groups -OCH3 is 3. The monoisotopic (exact) mass is 539 g/mol. The molecule has 1 amide bonds. The van der Waals surface area contributed by atoms with Crippen LogP contribution in [0.2, 0.25) is 0 Å². The number of hydrogen-bond donors (Lipinski definition) is 1. The summed E-state index contributed by atoms with van der Waals surface area (Å²) in [4.78, 5) is 26.7. The average molecular weight is 540 g/mol. The van der Waals surface area contributed by atoms with Crippen molar-refractivity contribution in [1.29, 1.82) is 0 Å². The number of esters is 1. The number of carbonyl (C=O) groups excluding carboxylic acids is 2. The zero-order valence-corrected chi connectivity index (χ0v) is 22.9. The van der Waals surface area contributed by atoms with Crippen LogP contribution in [0.25, 0.3) is 0 Å². The summed E-state index contributed by atoms with van der Waals surface area (Å²) in [6, 6.07) is 7.08. The first-order valence-corrected chi connectivity index (χ1v) is 12.7. The average Bonchev–Trinajstić information content (AvgIpc) is 2.95. The van der Waals surface area contributed by atoms with Crippen molar-refractivity contribution in [1.82, 2.24) is 4.90 Å². The number of carbonyl (C=O) groups is 2. The van der Waals surface area contributed by atoms with Gasteiger partial charge in [-0.3, -0.25) is 4.79 Å². The van der Waals surface area contributed by atoms with Gasteiger partial charge in [-0.1, -0.05) is 12.1 Å². The highest BCUT2D eigenvalue weighted by molar-refractivity contribution is 5.91. The van der Waals surface area contributed by atoms with E-state index in [9.17, 15) is 9.59 Å². The van der Waals surface area contributed by atoms with Gasteiger partial charge >= 0.3 is 5.97 Å². The Bertz CT molecular complexity index is 871. The van der Waals surface area contributed by atoms with Gasteiger partial charge in [-0.2, -0.15) is 0 Å². The SMILES string of the molecule is CCO[C@H]1OC(C(=O)N(C)CC(OC)OC)=C[C@@H](c2ccc(C(=O)OC)cc2)[C@@H]1CCOCCOCCO. The molecule has 214 valence electrons. The number of benzene rings is 1. The number of allylic oxidation sites excluding steroid dienone is 1. The normalized spacial score (nSPS) is 19.1. The smallest absolute Gasteiger partial charge is 0.337 e. The largest absolute Gasteiger partial charge is 0.465 e. The molecule has 1 heterocycles. The van der Waals surface area contributed by atoms with Gasteiger partial charge in [-0.25, -0.2) is 4.79 Å². The van der Waals surface area contributed by atoms with Crippen molar-refractivity contribution in [3.63, 3.8) is 0 Å². The van der Waals surface area contributed by atoms with Crippen molar-refractivity contribution in [2.24, 2.45) is 5.92 Å². The molecule has 2 rings (SSSR count). The highest BCUT2D eigenvalue weighted by Crippen LogP contribution is 2.39. The maximum absolute atomic E-state index is 13.3. The van der Waals surface area contributed by atoms with Gasteiger partial charge in [0.2, 0.25) is 6.29 Å². The summed E-state index contributed by atoms with van der Waals surface area (Å²) in [7, 11) is 5.99. The molecule has 1 aliphatic rings. The van der Waals surface area contributed by atoms with E-state index in [1.807, 2.05) is 19.1 Å². The molecule has 1 N–H and O–H groups in total. The molecular weight excluding hydrogens is 498 g/mol. The molecule has 0 bridgehead atoms. The van der Waals surface area contributed by atoms with Gasteiger partial charge in [0.25, 0.3) is 5.91 Å². The lowest BCUT2D eigenvalue weighted by Crippen LogP contribution is -2.42. The molecule has 11 heteroatoms. The lowest BCUT2D eigenvalue weighted by atomic mass is 9.81. The van der Waals surface area contributed by atoms with Crippen LogP contribution in [0.5, 0.6) is 0 Å². The molecule has 0 saturated heterocycles. The molecule has 0 unspecified atom stereocenters. The molecule has 0 saturated carbocycles. The fraction of sp³-hybridized carbons (Fsp3) is 0.630. The number of aliphatic hydroxyl groups is 1. The Morgan fingerprint density at radius 1 is 1.03 bits per heavy atom. The molecule has 0 aromatic heterocycles. The second kappa shape index (κ2) is 17.1. The predicted molar refractivity (Wildman–Crippen MR) is 137 cm³/mol. The Balaban J connectivity index is 2.30. The van der Waals surface area contributed by atoms with E-state index in [2.05, 4.69) is 0 Å². The number of likely N-dealkylation sites (N-methyl/N-ethyl adjacent to an activating group) is 1. The number of amides is 1. The van der Waals surface area contributed by atoms with E-state index in [1.165, 1.54) is 26.2 Å². The summed E-state index contributed by atoms with van der Waals surface area (Å²) in [6.07, 6.45) is 1.10. The molecule has 0 spiro atoms. The molecule has 1 aliphatic heterocycles. The third-order valence-electron chi connectivity index (χ3n) is 6.14. The van der Waals surface area contributed by atoms with Gasteiger partial charge in [-0.05, 0) is 37.1 Å². The van der Waals surface area contributed by atoms with Gasteiger partial charge in [-0.15, -0.1) is 0 Å². The van der Waals surface area contributed by atoms with Crippen LogP contribution in [-0.4, -0.2) is 109 Å². The number of ether oxygens (including phenoxy) is 7. The van der Waals surface area contributed by atoms with Crippen LogP contribution >= 0.6 is 0 Å². The molecule has 0 fully saturated rings. The summed E-state index contributed by atoms with van der Waals surface area (Å²) in [5, 5.41) is 8.82. The zero-order valence-electron chi connectivity index (χ0n) is 22.9. The summed E-state index contributed by atoms with van der Waals surface area (Å²) in [5.41, 5.74) is 1.32. The molecule has 0 radical (unpaired) electrons. The minimum absolute atomic E-state index is 0.0356. The van der Waals surface area contributed by atoms with E-state index in [4.69, 9.17) is 38.3 Å². The first-order chi connectivity index (χ1) is 18.4. The molecule has 38 heavy (non-hydrogen) atoms. The Morgan fingerprint density at radius 2 is 1.68 bits per heavy atom. The van der Waals surface area contributed by atoms with Crippen LogP contribution in [0.4, 0.5) is 0 Å². The zero-order chi connectivity index (χ0) is 27.9. The molecule has 11 nitrogen and oxygen atoms in total. The Morgan fingerprint density at radius 3 is 2.26 bits per heavy atom. The maximum atomic E-state index is 13.3. The van der Waals surface area contributed by atoms with E-state index in [0.717, 1.165) is 5.56 Å². The molecule has 1 aromatic carbocycles. The summed E-state index contributed by atoms with van der Waals surface area (Å²) in [5.74, 6) is -1.03. The van der Waals surface area contributed by atoms with Gasteiger partial charge < -0.3 is 43.2 Å². The minimum Gasteiger partial charge on any atom is -0.465 e. The summed E-state index contributed by atoms with van der Waals surface area (Å²) < 4.78 is 38.3. The van der Waals surface area contributed by atoms with E-state index < -0.39 is 18.5 Å². The third-order valence-corrected chi connectivity index (χ3v) is 6.14. The van der Waals surface area contributed by atoms with E-state index in [0.29, 0.717) is 38.4 Å². The van der Waals surface area contributed by atoms with Crippen LogP contribution in [0, 0.1) is 5.92 Å². The lowest BCUT2D eigenvalue weighted by molar-refractivity contribution is -0.174. The Kier molecular flexibility index (Phi) is 14.3. The molecule has 1 aromatic rings. The summed E-state index contributed by atoms with van der Waals surface area (Å²) in [6.45, 7) is 3.87. The van der Waals surface area contributed by atoms with Crippen molar-refractivity contribution < 1.29 is 47.9 Å². The van der Waals surface area contributed by atoms with Gasteiger partial charge in [0, 0.05) is 46.3 Å². The summed E-state index contributed by atoms with van der Waals surface area (Å²) >= 11 is 0. The fourth-order valence-electron chi connectivity index (χ4n) is 4.12. The van der Waals surface area contributed by atoms with Crippen molar-refractivity contribution in [2.75, 3.05) is 74.6 Å². The van der Waals surface area contributed by atoms with Crippen molar-refractivity contribution in [3.8, 4) is 0 Å². The Hall–Kier alpha value is -2.54. The van der Waals surface area contributed by atoms with Crippen LogP contribution in [0.1, 0.15) is 35.2 Å². The van der Waals surface area contributed by atoms with E-state index >= 15 is 0 Å². The van der Waals surface area contributed by atoms with Gasteiger partial charge in [0.1, 0.15) is 0 Å². The van der Waals surface area contributed by atoms with Crippen LogP contribution in [-0.2, 0) is 38.0 Å². The first kappa shape index (κ1) is 31.7. The fourth-order valence-corrected chi connectivity index (χ4v) is 4.12. The predicted octanol–water partition coefficient (Wildman–Crippen LogP) is 1.94. The first-order valence-electron chi connectivity index (χ1n) is 12.7. The van der Waals surface area contributed by atoms with E-state index in [1.54, 1.807) is 25.3 Å².